The summed E-state index contributed by atoms with van der Waals surface area (Å²) in [5.74, 6) is 1.44. The van der Waals surface area contributed by atoms with E-state index < -0.39 is 0 Å². The summed E-state index contributed by atoms with van der Waals surface area (Å²) in [6.07, 6.45) is 5.52. The Balaban J connectivity index is 1.40. The number of nitriles is 1. The van der Waals surface area contributed by atoms with Gasteiger partial charge in [-0.15, -0.1) is 11.3 Å². The van der Waals surface area contributed by atoms with Crippen molar-refractivity contribution in [1.82, 2.24) is 20.2 Å². The average Bonchev–Trinajstić information content (AvgIpc) is 3.46. The van der Waals surface area contributed by atoms with Gasteiger partial charge in [0, 0.05) is 61.0 Å². The van der Waals surface area contributed by atoms with E-state index in [2.05, 4.69) is 31.8 Å². The molecule has 0 unspecified atom stereocenters. The molecule has 2 N–H and O–H groups in total. The maximum Gasteiger partial charge on any atom is 0.232 e. The number of thiazole rings is 1. The summed E-state index contributed by atoms with van der Waals surface area (Å²) in [6.45, 7) is 13.7. The molecule has 1 saturated carbocycles. The molecule has 3 aromatic rings. The van der Waals surface area contributed by atoms with Crippen molar-refractivity contribution in [2.24, 2.45) is 0 Å². The Hall–Kier alpha value is -2.66. The predicted molar refractivity (Wildman–Crippen MR) is 161 cm³/mol. The van der Waals surface area contributed by atoms with E-state index in [1.807, 2.05) is 24.3 Å². The summed E-state index contributed by atoms with van der Waals surface area (Å²) in [6, 6.07) is 10.1. The second kappa shape index (κ2) is 13.6. The number of benzene rings is 1. The zero-order valence-corrected chi connectivity index (χ0v) is 24.3. The van der Waals surface area contributed by atoms with Gasteiger partial charge < -0.3 is 10.6 Å². The van der Waals surface area contributed by atoms with Crippen LogP contribution in [0.4, 0.5) is 11.5 Å². The normalized spacial score (nSPS) is 16.5. The zero-order valence-electron chi connectivity index (χ0n) is 21.9. The Morgan fingerprint density at radius 2 is 1.95 bits per heavy atom. The van der Waals surface area contributed by atoms with Crippen molar-refractivity contribution in [3.63, 3.8) is 0 Å². The number of nitrogens with one attached hydrogen (secondary N) is 2. The number of hydrogen-bond donors (Lipinski definition) is 2. The molecule has 2 aromatic heterocycles. The first-order valence-electron chi connectivity index (χ1n) is 13.5. The van der Waals surface area contributed by atoms with E-state index in [0.717, 1.165) is 80.2 Å². The fourth-order valence-electron chi connectivity index (χ4n) is 5.32. The molecule has 0 amide bonds. The first kappa shape index (κ1) is 27.9. The van der Waals surface area contributed by atoms with Crippen LogP contribution in [0, 0.1) is 17.9 Å². The van der Waals surface area contributed by atoms with Crippen LogP contribution in [0.1, 0.15) is 54.8 Å². The number of anilines is 1. The molecule has 0 spiro atoms. The maximum atomic E-state index is 10.3. The lowest BCUT2D eigenvalue weighted by Crippen LogP contribution is -2.45. The number of aromatic nitrogens is 2. The van der Waals surface area contributed by atoms with Crippen molar-refractivity contribution in [2.75, 3.05) is 44.6 Å². The van der Waals surface area contributed by atoms with Crippen molar-refractivity contribution in [3.8, 4) is 16.6 Å². The molecular weight excluding hydrogens is 546 g/mol. The van der Waals surface area contributed by atoms with E-state index in [1.54, 1.807) is 11.3 Å². The molecule has 0 radical (unpaired) electrons. The number of pyridine rings is 1. The SMILES string of the molecule is [C-]#[N+]c1c(NCCN2CCNCC2)nc(SCc2csc(-c3ccc(Cl)cc3)n2)c(C#N)c1C1CCCCC1. The molecule has 0 atom stereocenters. The molecule has 0 bridgehead atoms. The summed E-state index contributed by atoms with van der Waals surface area (Å²) < 4.78 is 0. The zero-order chi connectivity index (χ0) is 27.0. The van der Waals surface area contributed by atoms with Crippen molar-refractivity contribution in [1.29, 1.82) is 5.26 Å². The summed E-state index contributed by atoms with van der Waals surface area (Å²) in [5.41, 5.74) is 3.98. The second-order valence-electron chi connectivity index (χ2n) is 9.92. The van der Waals surface area contributed by atoms with Crippen LogP contribution in [0.2, 0.25) is 5.02 Å². The number of halogens is 1. The fourth-order valence-corrected chi connectivity index (χ4v) is 7.26. The molecule has 39 heavy (non-hydrogen) atoms. The van der Waals surface area contributed by atoms with Gasteiger partial charge in [-0.25, -0.2) is 14.8 Å². The van der Waals surface area contributed by atoms with E-state index in [4.69, 9.17) is 28.1 Å². The van der Waals surface area contributed by atoms with Crippen molar-refractivity contribution < 1.29 is 0 Å². The van der Waals surface area contributed by atoms with Crippen molar-refractivity contribution >= 4 is 46.2 Å². The van der Waals surface area contributed by atoms with Crippen LogP contribution >= 0.6 is 34.7 Å². The monoisotopic (exact) mass is 577 g/mol. The van der Waals surface area contributed by atoms with Crippen molar-refractivity contribution in [3.05, 3.63) is 62.9 Å². The van der Waals surface area contributed by atoms with Crippen LogP contribution in [0.3, 0.4) is 0 Å². The van der Waals surface area contributed by atoms with E-state index in [1.165, 1.54) is 18.2 Å². The number of nitrogens with zero attached hydrogens (tertiary/aromatic N) is 5. The van der Waals surface area contributed by atoms with Gasteiger partial charge in [-0.05, 0) is 36.5 Å². The lowest BCUT2D eigenvalue weighted by atomic mass is 9.82. The van der Waals surface area contributed by atoms with E-state index in [0.29, 0.717) is 39.4 Å². The lowest BCUT2D eigenvalue weighted by molar-refractivity contribution is 0.249. The van der Waals surface area contributed by atoms with E-state index in [-0.39, 0.29) is 5.92 Å². The molecule has 3 heterocycles. The van der Waals surface area contributed by atoms with Gasteiger partial charge in [0.15, 0.2) is 0 Å². The van der Waals surface area contributed by atoms with Crippen LogP contribution in [-0.2, 0) is 5.75 Å². The standard InChI is InChI=1S/C29H32ClN7S2/c1-32-26-25(20-5-3-2-4-6-20)24(17-31)29(36-27(26)34-13-16-37-14-11-33-12-15-37)39-19-23-18-38-28(35-23)21-7-9-22(30)10-8-21/h7-10,18,20,33H,2-6,11-16,19H2,(H,34,36). The van der Waals surface area contributed by atoms with Gasteiger partial charge in [-0.3, -0.25) is 4.90 Å². The molecular formula is C29H32ClN7S2. The molecule has 5 rings (SSSR count). The van der Waals surface area contributed by atoms with Gasteiger partial charge in [-0.1, -0.05) is 54.8 Å². The van der Waals surface area contributed by atoms with Crippen molar-refractivity contribution in [2.45, 2.75) is 48.8 Å². The van der Waals surface area contributed by atoms with Crippen LogP contribution < -0.4 is 10.6 Å². The van der Waals surface area contributed by atoms with E-state index in [9.17, 15) is 5.26 Å². The van der Waals surface area contributed by atoms with Gasteiger partial charge >= 0.3 is 0 Å². The Kier molecular flexibility index (Phi) is 9.73. The molecule has 7 nitrogen and oxygen atoms in total. The molecule has 1 aliphatic carbocycles. The molecule has 1 aliphatic heterocycles. The minimum Gasteiger partial charge on any atom is -0.377 e. The maximum absolute atomic E-state index is 10.3. The first-order valence-corrected chi connectivity index (χ1v) is 15.8. The van der Waals surface area contributed by atoms with Crippen LogP contribution in [-0.4, -0.2) is 54.1 Å². The topological polar surface area (TPSA) is 81.2 Å². The quantitative estimate of drug-likeness (QED) is 0.211. The number of piperazine rings is 1. The third-order valence-corrected chi connectivity index (χ3v) is 9.54. The van der Waals surface area contributed by atoms with Crippen LogP contribution in [0.25, 0.3) is 15.4 Å². The predicted octanol–water partition coefficient (Wildman–Crippen LogP) is 6.94. The summed E-state index contributed by atoms with van der Waals surface area (Å²) in [4.78, 5) is 16.1. The number of rotatable bonds is 9. The Bertz CT molecular complexity index is 1350. The molecule has 2 fully saturated rings. The largest absolute Gasteiger partial charge is 0.377 e. The van der Waals surface area contributed by atoms with Gasteiger partial charge in [0.25, 0.3) is 0 Å². The van der Waals surface area contributed by atoms with Gasteiger partial charge in [0.2, 0.25) is 5.69 Å². The smallest absolute Gasteiger partial charge is 0.232 e. The molecule has 10 heteroatoms. The third kappa shape index (κ3) is 6.92. The lowest BCUT2D eigenvalue weighted by Gasteiger charge is -2.28. The first-order chi connectivity index (χ1) is 19.2. The van der Waals surface area contributed by atoms with Crippen LogP contribution in [0.15, 0.2) is 34.7 Å². The van der Waals surface area contributed by atoms with Crippen LogP contribution in [0.5, 0.6) is 0 Å². The van der Waals surface area contributed by atoms with Gasteiger partial charge in [0.1, 0.15) is 21.9 Å². The number of hydrogen-bond acceptors (Lipinski definition) is 8. The molecule has 202 valence electrons. The molecule has 1 aromatic carbocycles. The third-order valence-electron chi connectivity index (χ3n) is 7.34. The Morgan fingerprint density at radius 1 is 1.18 bits per heavy atom. The Morgan fingerprint density at radius 3 is 2.67 bits per heavy atom. The molecule has 1 saturated heterocycles. The Labute approximate surface area is 243 Å². The fraction of sp³-hybridized carbons (Fsp3) is 0.448. The highest BCUT2D eigenvalue weighted by atomic mass is 35.5. The highest BCUT2D eigenvalue weighted by molar-refractivity contribution is 7.98. The minimum absolute atomic E-state index is 0.226. The average molecular weight is 578 g/mol. The highest BCUT2D eigenvalue weighted by Gasteiger charge is 2.28. The summed E-state index contributed by atoms with van der Waals surface area (Å²) in [5, 5.41) is 21.6. The second-order valence-corrected chi connectivity index (χ2v) is 12.2. The van der Waals surface area contributed by atoms with Gasteiger partial charge in [0.05, 0.1) is 17.8 Å². The van der Waals surface area contributed by atoms with Gasteiger partial charge in [-0.2, -0.15) is 5.26 Å². The number of thioether (sulfide) groups is 1. The minimum atomic E-state index is 0.226. The summed E-state index contributed by atoms with van der Waals surface area (Å²) in [7, 11) is 0. The highest BCUT2D eigenvalue weighted by Crippen LogP contribution is 2.45. The molecule has 2 aliphatic rings. The summed E-state index contributed by atoms with van der Waals surface area (Å²) >= 11 is 9.18. The van der Waals surface area contributed by atoms with E-state index >= 15 is 0 Å².